The lowest BCUT2D eigenvalue weighted by Crippen LogP contribution is -2.43. The smallest absolute Gasteiger partial charge is 0.353 e. The van der Waals surface area contributed by atoms with Crippen LogP contribution >= 0.6 is 0 Å². The minimum Gasteiger partial charge on any atom is -0.477 e. The number of piperidine rings is 1. The summed E-state index contributed by atoms with van der Waals surface area (Å²) in [6.45, 7) is 0.797. The average molecular weight is 238 g/mol. The largest absolute Gasteiger partial charge is 0.477 e. The molecule has 6 heteroatoms. The lowest BCUT2D eigenvalue weighted by atomic mass is 10.1. The number of rotatable bonds is 2. The number of fused-ring (bicyclic) bond motifs is 2. The fourth-order valence-electron chi connectivity index (χ4n) is 3.02. The number of carboxylic acids is 1. The van der Waals surface area contributed by atoms with Gasteiger partial charge < -0.3 is 14.8 Å². The van der Waals surface area contributed by atoms with E-state index in [1.807, 2.05) is 4.90 Å². The molecule has 0 aromatic carbocycles. The van der Waals surface area contributed by atoms with Gasteiger partial charge in [-0.3, -0.25) is 4.79 Å². The number of hydrogen-bond acceptors (Lipinski definition) is 4. The molecular weight excluding hydrogens is 224 g/mol. The van der Waals surface area contributed by atoms with Crippen LogP contribution < -0.4 is 0 Å². The van der Waals surface area contributed by atoms with Crippen molar-refractivity contribution in [2.75, 3.05) is 6.54 Å². The second-order valence-electron chi connectivity index (χ2n) is 4.96. The van der Waals surface area contributed by atoms with E-state index >= 15 is 0 Å². The molecule has 0 aromatic heterocycles. The molecule has 3 aliphatic rings. The molecule has 92 valence electrons. The van der Waals surface area contributed by atoms with Gasteiger partial charge >= 0.3 is 5.97 Å². The summed E-state index contributed by atoms with van der Waals surface area (Å²) in [5.41, 5.74) is -0.0623. The Balaban J connectivity index is 1.63. The SMILES string of the molecule is O=C(O)C1=NOC(C(=O)N2CC3CCC2C3)C1. The van der Waals surface area contributed by atoms with Crippen molar-refractivity contribution in [1.29, 1.82) is 0 Å². The van der Waals surface area contributed by atoms with Gasteiger partial charge in [0, 0.05) is 19.0 Å². The van der Waals surface area contributed by atoms with E-state index < -0.39 is 12.1 Å². The molecule has 0 spiro atoms. The molecule has 6 nitrogen and oxygen atoms in total. The normalized spacial score (nSPS) is 34.7. The Kier molecular flexibility index (Phi) is 2.31. The van der Waals surface area contributed by atoms with Gasteiger partial charge in [-0.1, -0.05) is 5.16 Å². The first-order valence-corrected chi connectivity index (χ1v) is 5.91. The van der Waals surface area contributed by atoms with Crippen LogP contribution in [0.5, 0.6) is 0 Å². The molecule has 1 N–H and O–H groups in total. The van der Waals surface area contributed by atoms with Crippen molar-refractivity contribution in [3.05, 3.63) is 0 Å². The molecule has 3 unspecified atom stereocenters. The fourth-order valence-corrected chi connectivity index (χ4v) is 3.02. The Morgan fingerprint density at radius 3 is 2.76 bits per heavy atom. The Hall–Kier alpha value is -1.59. The first-order valence-electron chi connectivity index (χ1n) is 5.91. The fraction of sp³-hybridized carbons (Fsp3) is 0.727. The van der Waals surface area contributed by atoms with E-state index in [1.165, 1.54) is 6.42 Å². The zero-order chi connectivity index (χ0) is 12.0. The lowest BCUT2D eigenvalue weighted by Gasteiger charge is -2.28. The van der Waals surface area contributed by atoms with Crippen molar-refractivity contribution in [2.24, 2.45) is 11.1 Å². The average Bonchev–Trinajstić information content (AvgIpc) is 3.03. The van der Waals surface area contributed by atoms with Crippen LogP contribution in [0, 0.1) is 5.92 Å². The molecule has 17 heavy (non-hydrogen) atoms. The van der Waals surface area contributed by atoms with E-state index in [9.17, 15) is 9.59 Å². The molecular formula is C11H14N2O4. The third kappa shape index (κ3) is 1.67. The summed E-state index contributed by atoms with van der Waals surface area (Å²) in [5.74, 6) is -0.578. The maximum absolute atomic E-state index is 12.1. The number of carboxylic acid groups (broad SMARTS) is 1. The van der Waals surface area contributed by atoms with Gasteiger partial charge in [0.1, 0.15) is 0 Å². The zero-order valence-corrected chi connectivity index (χ0v) is 9.33. The van der Waals surface area contributed by atoms with Crippen molar-refractivity contribution in [1.82, 2.24) is 4.90 Å². The summed E-state index contributed by atoms with van der Waals surface area (Å²) in [7, 11) is 0. The van der Waals surface area contributed by atoms with Gasteiger partial charge in [0.15, 0.2) is 5.71 Å². The van der Waals surface area contributed by atoms with Gasteiger partial charge in [0.25, 0.3) is 5.91 Å². The molecule has 1 saturated carbocycles. The molecule has 1 saturated heterocycles. The van der Waals surface area contributed by atoms with Crippen molar-refractivity contribution < 1.29 is 19.5 Å². The molecule has 2 fully saturated rings. The maximum Gasteiger partial charge on any atom is 0.353 e. The van der Waals surface area contributed by atoms with Gasteiger partial charge in [-0.05, 0) is 25.2 Å². The number of nitrogens with zero attached hydrogens (tertiary/aromatic N) is 2. The molecule has 2 heterocycles. The first kappa shape index (κ1) is 10.6. The number of aliphatic carboxylic acids is 1. The molecule has 3 rings (SSSR count). The lowest BCUT2D eigenvalue weighted by molar-refractivity contribution is -0.143. The van der Waals surface area contributed by atoms with Crippen LogP contribution in [0.4, 0.5) is 0 Å². The van der Waals surface area contributed by atoms with Crippen LogP contribution in [0.2, 0.25) is 0 Å². The molecule has 3 atom stereocenters. The Morgan fingerprint density at radius 1 is 1.41 bits per heavy atom. The molecule has 0 aromatic rings. The van der Waals surface area contributed by atoms with Gasteiger partial charge in [-0.2, -0.15) is 0 Å². The molecule has 2 aliphatic heterocycles. The van der Waals surface area contributed by atoms with E-state index in [2.05, 4.69) is 5.16 Å². The monoisotopic (exact) mass is 238 g/mol. The standard InChI is InChI=1S/C11H14N2O4/c14-10(9-4-8(11(15)16)12-17-9)13-5-6-1-2-7(13)3-6/h6-7,9H,1-5H2,(H,15,16). The summed E-state index contributed by atoms with van der Waals surface area (Å²) in [5, 5.41) is 12.2. The maximum atomic E-state index is 12.1. The van der Waals surface area contributed by atoms with Crippen LogP contribution in [-0.4, -0.2) is 46.3 Å². The van der Waals surface area contributed by atoms with E-state index in [-0.39, 0.29) is 18.0 Å². The third-order valence-electron chi connectivity index (χ3n) is 3.88. The highest BCUT2D eigenvalue weighted by Gasteiger charge is 2.44. The Labute approximate surface area is 98.2 Å². The number of amides is 1. The highest BCUT2D eigenvalue weighted by Crippen LogP contribution is 2.38. The van der Waals surface area contributed by atoms with Crippen LogP contribution in [0.1, 0.15) is 25.7 Å². The van der Waals surface area contributed by atoms with Crippen LogP contribution in [0.25, 0.3) is 0 Å². The number of carbonyl (C=O) groups is 2. The van der Waals surface area contributed by atoms with Crippen LogP contribution in [0.3, 0.4) is 0 Å². The molecule has 2 bridgehead atoms. The summed E-state index contributed by atoms with van der Waals surface area (Å²) in [6.07, 6.45) is 2.72. The zero-order valence-electron chi connectivity index (χ0n) is 9.33. The number of oxime groups is 1. The number of carbonyl (C=O) groups excluding carboxylic acids is 1. The van der Waals surface area contributed by atoms with E-state index in [0.717, 1.165) is 19.4 Å². The van der Waals surface area contributed by atoms with E-state index in [1.54, 1.807) is 0 Å². The predicted molar refractivity (Wildman–Crippen MR) is 57.4 cm³/mol. The van der Waals surface area contributed by atoms with E-state index in [0.29, 0.717) is 12.0 Å². The second kappa shape index (κ2) is 3.72. The summed E-state index contributed by atoms with van der Waals surface area (Å²) < 4.78 is 0. The quantitative estimate of drug-likeness (QED) is 0.746. The van der Waals surface area contributed by atoms with Crippen molar-refractivity contribution in [2.45, 2.75) is 37.8 Å². The van der Waals surface area contributed by atoms with Crippen LogP contribution in [-0.2, 0) is 14.4 Å². The van der Waals surface area contributed by atoms with Gasteiger partial charge in [-0.25, -0.2) is 4.79 Å². The molecule has 1 amide bonds. The minimum absolute atomic E-state index is 0.0623. The topological polar surface area (TPSA) is 79.2 Å². The summed E-state index contributed by atoms with van der Waals surface area (Å²) in [6, 6.07) is 0.338. The van der Waals surface area contributed by atoms with Crippen molar-refractivity contribution in [3.63, 3.8) is 0 Å². The first-order chi connectivity index (χ1) is 8.15. The second-order valence-corrected chi connectivity index (χ2v) is 4.96. The predicted octanol–water partition coefficient (Wildman–Crippen LogP) is 0.227. The van der Waals surface area contributed by atoms with Crippen molar-refractivity contribution in [3.8, 4) is 0 Å². The van der Waals surface area contributed by atoms with Crippen LogP contribution in [0.15, 0.2) is 5.16 Å². The van der Waals surface area contributed by atoms with Crippen molar-refractivity contribution >= 4 is 17.6 Å². The highest BCUT2D eigenvalue weighted by atomic mass is 16.6. The Bertz CT molecular complexity index is 406. The van der Waals surface area contributed by atoms with Gasteiger partial charge in [0.2, 0.25) is 6.10 Å². The minimum atomic E-state index is -1.11. The van der Waals surface area contributed by atoms with Gasteiger partial charge in [0.05, 0.1) is 0 Å². The summed E-state index contributed by atoms with van der Waals surface area (Å²) >= 11 is 0. The number of hydrogen-bond donors (Lipinski definition) is 1. The van der Waals surface area contributed by atoms with Gasteiger partial charge in [-0.15, -0.1) is 0 Å². The highest BCUT2D eigenvalue weighted by molar-refractivity contribution is 6.36. The number of likely N-dealkylation sites (tertiary alicyclic amines) is 1. The van der Waals surface area contributed by atoms with E-state index in [4.69, 9.17) is 9.94 Å². The summed E-state index contributed by atoms with van der Waals surface area (Å²) in [4.78, 5) is 29.6. The third-order valence-corrected chi connectivity index (χ3v) is 3.88. The molecule has 0 radical (unpaired) electrons. The Morgan fingerprint density at radius 2 is 2.24 bits per heavy atom. The molecule has 1 aliphatic carbocycles.